The topological polar surface area (TPSA) is 78.9 Å². The molecule has 6 heteroatoms. The van der Waals surface area contributed by atoms with Crippen LogP contribution in [0.1, 0.15) is 213 Å². The second kappa shape index (κ2) is 47.3. The predicted octanol–water partition coefficient (Wildman–Crippen LogP) is 15.6. The molecule has 0 aromatic rings. The summed E-state index contributed by atoms with van der Waals surface area (Å²) in [7, 11) is 0. The molecule has 0 saturated heterocycles. The molecule has 0 heterocycles. The zero-order valence-corrected chi connectivity index (χ0v) is 38.2. The molecule has 1 unspecified atom stereocenters. The lowest BCUT2D eigenvalue weighted by atomic mass is 10.1. The molecule has 336 valence electrons. The Morgan fingerprint density at radius 2 is 0.661 bits per heavy atom. The maximum absolute atomic E-state index is 12.7. The Morgan fingerprint density at radius 3 is 1.05 bits per heavy atom. The van der Waals surface area contributed by atoms with Crippen molar-refractivity contribution in [1.82, 2.24) is 0 Å². The summed E-state index contributed by atoms with van der Waals surface area (Å²) in [5, 5.41) is 0. The van der Waals surface area contributed by atoms with Gasteiger partial charge in [0.2, 0.25) is 0 Å². The zero-order valence-electron chi connectivity index (χ0n) is 38.2. The summed E-state index contributed by atoms with van der Waals surface area (Å²) in [5.41, 5.74) is 0. The first-order valence-corrected chi connectivity index (χ1v) is 24.1. The number of esters is 3. The molecule has 0 aliphatic rings. The number of rotatable bonds is 42. The van der Waals surface area contributed by atoms with Crippen molar-refractivity contribution in [3.8, 4) is 0 Å². The first-order chi connectivity index (χ1) is 29.0. The average Bonchev–Trinajstić information content (AvgIpc) is 3.23. The minimum Gasteiger partial charge on any atom is -0.462 e. The van der Waals surface area contributed by atoms with Gasteiger partial charge >= 0.3 is 17.9 Å². The van der Waals surface area contributed by atoms with Crippen LogP contribution in [0, 0.1) is 0 Å². The summed E-state index contributed by atoms with van der Waals surface area (Å²) in [4.78, 5) is 37.7. The van der Waals surface area contributed by atoms with E-state index in [-0.39, 0.29) is 31.1 Å². The summed E-state index contributed by atoms with van der Waals surface area (Å²) in [6.07, 6.45) is 60.0. The molecule has 0 spiro atoms. The quantitative estimate of drug-likeness (QED) is 0.0264. The minimum absolute atomic E-state index is 0.0919. The fourth-order valence-corrected chi connectivity index (χ4v) is 6.24. The Balaban J connectivity index is 4.34. The third-order valence-electron chi connectivity index (χ3n) is 9.82. The molecular weight excluding hydrogens is 733 g/mol. The molecule has 0 rings (SSSR count). The smallest absolute Gasteiger partial charge is 0.306 e. The summed E-state index contributed by atoms with van der Waals surface area (Å²) >= 11 is 0. The van der Waals surface area contributed by atoms with Crippen LogP contribution in [0.3, 0.4) is 0 Å². The molecule has 1 atom stereocenters. The SMILES string of the molecule is CC/C=C\C/C=C\C/C=C\C/C=C\C/C=C\CCCCCCCC(=O)OCC(COC(=O)CCCCCCC/C=C\CCC)OC(=O)CCCCCCC/C=C\CCC. The Bertz CT molecular complexity index is 1170. The molecule has 0 radical (unpaired) electrons. The van der Waals surface area contributed by atoms with E-state index in [1.54, 1.807) is 0 Å². The van der Waals surface area contributed by atoms with Gasteiger partial charge in [-0.25, -0.2) is 0 Å². The van der Waals surface area contributed by atoms with Gasteiger partial charge in [-0.2, -0.15) is 0 Å². The second-order valence-corrected chi connectivity index (χ2v) is 15.6. The molecule has 0 N–H and O–H groups in total. The van der Waals surface area contributed by atoms with Gasteiger partial charge in [0.15, 0.2) is 6.10 Å². The number of unbranched alkanes of at least 4 members (excludes halogenated alkanes) is 17. The first-order valence-electron chi connectivity index (χ1n) is 24.1. The molecule has 6 nitrogen and oxygen atoms in total. The molecule has 0 aromatic carbocycles. The lowest BCUT2D eigenvalue weighted by molar-refractivity contribution is -0.167. The van der Waals surface area contributed by atoms with Gasteiger partial charge in [-0.15, -0.1) is 0 Å². The Morgan fingerprint density at radius 1 is 0.356 bits per heavy atom. The molecule has 59 heavy (non-hydrogen) atoms. The van der Waals surface area contributed by atoms with Crippen LogP contribution in [0.4, 0.5) is 0 Å². The highest BCUT2D eigenvalue weighted by atomic mass is 16.6. The van der Waals surface area contributed by atoms with Crippen LogP contribution in [0.2, 0.25) is 0 Å². The van der Waals surface area contributed by atoms with E-state index >= 15 is 0 Å². The zero-order chi connectivity index (χ0) is 43.0. The van der Waals surface area contributed by atoms with E-state index in [1.165, 1.54) is 25.7 Å². The van der Waals surface area contributed by atoms with Crippen LogP contribution in [-0.4, -0.2) is 37.2 Å². The molecule has 0 aromatic heterocycles. The van der Waals surface area contributed by atoms with Gasteiger partial charge in [0.25, 0.3) is 0 Å². The van der Waals surface area contributed by atoms with E-state index in [9.17, 15) is 14.4 Å². The Labute approximate surface area is 363 Å². The van der Waals surface area contributed by atoms with E-state index in [0.29, 0.717) is 19.3 Å². The maximum atomic E-state index is 12.7. The summed E-state index contributed by atoms with van der Waals surface area (Å²) < 4.78 is 16.7. The van der Waals surface area contributed by atoms with Gasteiger partial charge in [-0.3, -0.25) is 14.4 Å². The lowest BCUT2D eigenvalue weighted by Crippen LogP contribution is -2.30. The number of hydrogen-bond donors (Lipinski definition) is 0. The number of carbonyl (C=O) groups excluding carboxylic acids is 3. The maximum Gasteiger partial charge on any atom is 0.306 e. The largest absolute Gasteiger partial charge is 0.462 e. The molecule has 0 aliphatic heterocycles. The van der Waals surface area contributed by atoms with Crippen molar-refractivity contribution in [3.05, 3.63) is 85.1 Å². The van der Waals surface area contributed by atoms with Crippen molar-refractivity contribution >= 4 is 17.9 Å². The number of ether oxygens (including phenoxy) is 3. The van der Waals surface area contributed by atoms with E-state index in [2.05, 4.69) is 106 Å². The molecule has 0 amide bonds. The van der Waals surface area contributed by atoms with Crippen molar-refractivity contribution in [1.29, 1.82) is 0 Å². The van der Waals surface area contributed by atoms with E-state index in [1.807, 2.05) is 0 Å². The molecule has 0 aliphatic carbocycles. The van der Waals surface area contributed by atoms with Crippen LogP contribution in [0.25, 0.3) is 0 Å². The van der Waals surface area contributed by atoms with Crippen LogP contribution < -0.4 is 0 Å². The Hall–Kier alpha value is -3.41. The monoisotopic (exact) mass is 821 g/mol. The third kappa shape index (κ3) is 45.5. The van der Waals surface area contributed by atoms with Gasteiger partial charge in [0.1, 0.15) is 13.2 Å². The fourth-order valence-electron chi connectivity index (χ4n) is 6.24. The Kier molecular flexibility index (Phi) is 44.5. The van der Waals surface area contributed by atoms with Crippen molar-refractivity contribution in [3.63, 3.8) is 0 Å². The van der Waals surface area contributed by atoms with Crippen LogP contribution in [0.5, 0.6) is 0 Å². The first kappa shape index (κ1) is 55.6. The number of allylic oxidation sites excluding steroid dienone is 14. The van der Waals surface area contributed by atoms with Crippen molar-refractivity contribution < 1.29 is 28.6 Å². The van der Waals surface area contributed by atoms with Gasteiger partial charge in [0.05, 0.1) is 0 Å². The van der Waals surface area contributed by atoms with Crippen LogP contribution in [0.15, 0.2) is 85.1 Å². The fraction of sp³-hybridized carbons (Fsp3) is 0.679. The van der Waals surface area contributed by atoms with Crippen molar-refractivity contribution in [2.24, 2.45) is 0 Å². The highest BCUT2D eigenvalue weighted by Crippen LogP contribution is 2.13. The van der Waals surface area contributed by atoms with Crippen LogP contribution >= 0.6 is 0 Å². The summed E-state index contributed by atoms with van der Waals surface area (Å²) in [5.74, 6) is -0.939. The molecule has 0 saturated carbocycles. The predicted molar refractivity (Wildman–Crippen MR) is 251 cm³/mol. The highest BCUT2D eigenvalue weighted by Gasteiger charge is 2.19. The average molecular weight is 821 g/mol. The van der Waals surface area contributed by atoms with Gasteiger partial charge in [-0.05, 0) is 103 Å². The van der Waals surface area contributed by atoms with Gasteiger partial charge in [-0.1, -0.05) is 176 Å². The second-order valence-electron chi connectivity index (χ2n) is 15.6. The molecular formula is C53H88O6. The van der Waals surface area contributed by atoms with E-state index < -0.39 is 6.10 Å². The number of carbonyl (C=O) groups is 3. The van der Waals surface area contributed by atoms with Gasteiger partial charge < -0.3 is 14.2 Å². The van der Waals surface area contributed by atoms with Crippen molar-refractivity contribution in [2.75, 3.05) is 13.2 Å². The van der Waals surface area contributed by atoms with Crippen LogP contribution in [-0.2, 0) is 28.6 Å². The lowest BCUT2D eigenvalue weighted by Gasteiger charge is -2.18. The van der Waals surface area contributed by atoms with Crippen molar-refractivity contribution in [2.45, 2.75) is 219 Å². The number of hydrogen-bond acceptors (Lipinski definition) is 6. The van der Waals surface area contributed by atoms with E-state index in [4.69, 9.17) is 14.2 Å². The molecule has 0 bridgehead atoms. The van der Waals surface area contributed by atoms with Gasteiger partial charge in [0, 0.05) is 19.3 Å². The standard InChI is InChI=1S/C53H88O6/c1-4-7-10-13-16-19-22-23-24-25-26-27-28-29-30-31-32-35-37-40-43-46-52(55)58-49-50(59-53(56)47-44-41-38-34-21-18-15-12-9-6-3)48-57-51(54)45-42-39-36-33-20-17-14-11-8-5-2/h7,10-12,14-16,19,23-24,26-27,29-30,50H,4-6,8-9,13,17-18,20-22,25,28,31-49H2,1-3H3/b10-7-,14-11-,15-12-,19-16-,24-23-,27-26-,30-29-. The summed E-state index contributed by atoms with van der Waals surface area (Å²) in [6, 6.07) is 0. The third-order valence-corrected chi connectivity index (χ3v) is 9.82. The minimum atomic E-state index is -0.790. The summed E-state index contributed by atoms with van der Waals surface area (Å²) in [6.45, 7) is 6.35. The molecule has 0 fully saturated rings. The highest BCUT2D eigenvalue weighted by molar-refractivity contribution is 5.71. The van der Waals surface area contributed by atoms with E-state index in [0.717, 1.165) is 148 Å². The normalized spacial score (nSPS) is 12.8.